The summed E-state index contributed by atoms with van der Waals surface area (Å²) in [5.41, 5.74) is 0.672. The fraction of sp³-hybridized carbons (Fsp3) is 0.611. The molecular weight excluding hydrogens is 671 g/mol. The normalized spacial score (nSPS) is 34.5. The third-order valence-corrected chi connectivity index (χ3v) is 11.8. The van der Waals surface area contributed by atoms with Crippen LogP contribution < -0.4 is 10.5 Å². The van der Waals surface area contributed by atoms with Gasteiger partial charge in [0.05, 0.1) is 24.7 Å². The minimum absolute atomic E-state index is 0.0205. The van der Waals surface area contributed by atoms with Gasteiger partial charge in [-0.05, 0) is 93.6 Å². The van der Waals surface area contributed by atoms with Crippen molar-refractivity contribution < 1.29 is 63.2 Å². The number of rotatable bonds is 13. The van der Waals surface area contributed by atoms with Gasteiger partial charge in [-0.2, -0.15) is 0 Å². The van der Waals surface area contributed by atoms with Crippen LogP contribution in [0.25, 0.3) is 0 Å². The van der Waals surface area contributed by atoms with E-state index in [4.69, 9.17) is 30.4 Å². The number of hydrogen-bond donors (Lipinski definition) is 5. The summed E-state index contributed by atoms with van der Waals surface area (Å²) in [6.07, 6.45) is 3.49. The number of benzene rings is 1. The molecule has 3 saturated carbocycles. The molecule has 0 bridgehead atoms. The highest BCUT2D eigenvalue weighted by Gasteiger charge is 2.75. The molecule has 0 aliphatic heterocycles. The highest BCUT2D eigenvalue weighted by atomic mass is 19.1. The van der Waals surface area contributed by atoms with Crippen molar-refractivity contribution >= 4 is 23.7 Å². The third kappa shape index (κ3) is 7.00. The smallest absolute Gasteiger partial charge is 0.465 e. The molecule has 14 nitrogen and oxygen atoms in total. The summed E-state index contributed by atoms with van der Waals surface area (Å²) < 4.78 is 32.8. The van der Waals surface area contributed by atoms with Gasteiger partial charge in [0.2, 0.25) is 5.78 Å². The summed E-state index contributed by atoms with van der Waals surface area (Å²) in [5, 5.41) is 40.1. The third-order valence-electron chi connectivity index (χ3n) is 11.8. The molecule has 0 saturated heterocycles. The number of nitrogens with two attached hydrogens (primary N) is 1. The molecule has 5 rings (SSSR count). The van der Waals surface area contributed by atoms with Crippen LogP contribution in [-0.4, -0.2) is 92.9 Å². The predicted molar refractivity (Wildman–Crippen MR) is 175 cm³/mol. The van der Waals surface area contributed by atoms with Crippen LogP contribution in [0, 0.1) is 28.6 Å². The fourth-order valence-corrected chi connectivity index (χ4v) is 9.16. The number of nitrogens with zero attached hydrogens (tertiary/aromatic N) is 1. The molecule has 0 heterocycles. The summed E-state index contributed by atoms with van der Waals surface area (Å²) in [6.45, 7) is 4.39. The first kappa shape index (κ1) is 38.7. The zero-order valence-corrected chi connectivity index (χ0v) is 29.0. The fourth-order valence-electron chi connectivity index (χ4n) is 9.16. The number of Topliss-reactive ketones (excluding diaryl/α,β-unsaturated/α-hetero) is 1. The van der Waals surface area contributed by atoms with Gasteiger partial charge >= 0.3 is 12.1 Å². The number of fused-ring (bicyclic) bond motifs is 5. The first-order valence-electron chi connectivity index (χ1n) is 17.2. The van der Waals surface area contributed by atoms with Crippen LogP contribution in [0.5, 0.6) is 5.75 Å². The average molecular weight is 719 g/mol. The van der Waals surface area contributed by atoms with E-state index >= 15 is 4.39 Å². The molecule has 9 atom stereocenters. The highest BCUT2D eigenvalue weighted by Crippen LogP contribution is 2.70. The van der Waals surface area contributed by atoms with Crippen molar-refractivity contribution in [3.8, 4) is 5.75 Å². The molecule has 280 valence electrons. The lowest BCUT2D eigenvalue weighted by atomic mass is 9.44. The zero-order chi connectivity index (χ0) is 37.4. The van der Waals surface area contributed by atoms with Crippen molar-refractivity contribution in [2.75, 3.05) is 19.8 Å². The Hall–Kier alpha value is -3.57. The van der Waals surface area contributed by atoms with Gasteiger partial charge in [0.1, 0.15) is 17.4 Å². The number of allylic oxidation sites excluding steroid dienone is 4. The van der Waals surface area contributed by atoms with Crippen molar-refractivity contribution in [3.63, 3.8) is 0 Å². The Morgan fingerprint density at radius 1 is 1.08 bits per heavy atom. The van der Waals surface area contributed by atoms with E-state index in [0.717, 1.165) is 0 Å². The highest BCUT2D eigenvalue weighted by molar-refractivity contribution is 6.01. The molecule has 1 unspecified atom stereocenters. The van der Waals surface area contributed by atoms with E-state index in [0.29, 0.717) is 43.2 Å². The van der Waals surface area contributed by atoms with Gasteiger partial charge in [-0.1, -0.05) is 37.6 Å². The number of halogens is 1. The molecule has 0 radical (unpaired) electrons. The quantitative estimate of drug-likeness (QED) is 0.0857. The number of ether oxygens (including phenoxy) is 3. The van der Waals surface area contributed by atoms with Crippen LogP contribution in [0.1, 0.15) is 64.9 Å². The Kier molecular flexibility index (Phi) is 11.2. The predicted octanol–water partition coefficient (Wildman–Crippen LogP) is 3.32. The molecular formula is C36H47FN2O12. The van der Waals surface area contributed by atoms with Crippen molar-refractivity contribution in [2.45, 2.75) is 89.1 Å². The van der Waals surface area contributed by atoms with E-state index in [2.05, 4.69) is 4.84 Å². The average Bonchev–Trinajstić information content (AvgIpc) is 3.28. The molecule has 51 heavy (non-hydrogen) atoms. The lowest BCUT2D eigenvalue weighted by Gasteiger charge is -2.62. The van der Waals surface area contributed by atoms with Crippen molar-refractivity contribution in [3.05, 3.63) is 53.6 Å². The SMILES string of the molecule is C[C@@H]1C[C@H]2[C@@H]3CCC4=CC(=O)C=C[C@]4(C)C3(F)[C@@H](O)C[C@]2(C)[C@@]1(O)C(=O)COC(=O)Oc1ccc(C[C@H](N)C(=O)OCCCCON(O)O)cc1. The van der Waals surface area contributed by atoms with Gasteiger partial charge < -0.3 is 30.2 Å². The van der Waals surface area contributed by atoms with E-state index in [9.17, 15) is 29.4 Å². The second-order valence-corrected chi connectivity index (χ2v) is 14.6. The first-order valence-corrected chi connectivity index (χ1v) is 17.2. The Balaban J connectivity index is 1.15. The van der Waals surface area contributed by atoms with E-state index in [-0.39, 0.29) is 37.6 Å². The minimum atomic E-state index is -2.11. The summed E-state index contributed by atoms with van der Waals surface area (Å²) in [5.74, 6) is -3.31. The number of hydrogen-bond acceptors (Lipinski definition) is 14. The molecule has 0 amide bonds. The Morgan fingerprint density at radius 2 is 1.76 bits per heavy atom. The van der Waals surface area contributed by atoms with Crippen molar-refractivity contribution in [1.82, 2.24) is 5.39 Å². The number of aliphatic hydroxyl groups excluding tert-OH is 1. The summed E-state index contributed by atoms with van der Waals surface area (Å²) in [7, 11) is 0. The van der Waals surface area contributed by atoms with Gasteiger partial charge in [-0.3, -0.25) is 29.6 Å². The number of esters is 1. The van der Waals surface area contributed by atoms with Gasteiger partial charge in [0, 0.05) is 16.7 Å². The van der Waals surface area contributed by atoms with E-state index in [1.165, 1.54) is 24.3 Å². The standard InChI is InChI=1S/C36H47FN2O12/c1-21-16-27-26-11-8-23-18-24(40)12-13-33(23,2)35(26,37)29(41)19-34(27,3)36(21,45)30(42)20-49-32(44)51-25-9-6-22(7-10-25)17-28(38)31(43)48-14-4-5-15-50-39(46)47/h6-7,9-10,12-13,18,21,26-29,41,45-47H,4-5,8,11,14-17,19-20,38H2,1-3H3/t21-,26+,27+,28+,29+,33+,34+,35?,36+/m1/s1. The van der Waals surface area contributed by atoms with Crippen LogP contribution in [0.4, 0.5) is 9.18 Å². The maximum atomic E-state index is 17.4. The molecule has 6 N–H and O–H groups in total. The largest absolute Gasteiger partial charge is 0.514 e. The van der Waals surface area contributed by atoms with Crippen LogP contribution in [0.2, 0.25) is 0 Å². The molecule has 15 heteroatoms. The topological polar surface area (TPSA) is 215 Å². The molecule has 0 spiro atoms. The van der Waals surface area contributed by atoms with Gasteiger partial charge in [0.15, 0.2) is 18.1 Å². The number of unbranched alkanes of at least 4 members (excludes halogenated alkanes) is 1. The van der Waals surface area contributed by atoms with E-state index in [1.54, 1.807) is 39.0 Å². The molecule has 4 aliphatic rings. The van der Waals surface area contributed by atoms with E-state index < -0.39 is 81.9 Å². The Labute approximate surface area is 294 Å². The molecule has 1 aromatic rings. The molecule has 3 fully saturated rings. The number of aliphatic hydroxyl groups is 2. The number of carbonyl (C=O) groups is 4. The summed E-state index contributed by atoms with van der Waals surface area (Å²) in [6, 6.07) is 5.12. The Bertz CT molecular complexity index is 1570. The zero-order valence-electron chi connectivity index (χ0n) is 29.0. The minimum Gasteiger partial charge on any atom is -0.465 e. The van der Waals surface area contributed by atoms with Crippen molar-refractivity contribution in [2.24, 2.45) is 34.3 Å². The molecule has 0 aromatic heterocycles. The monoisotopic (exact) mass is 718 g/mol. The lowest BCUT2D eigenvalue weighted by Crippen LogP contribution is -2.69. The Morgan fingerprint density at radius 3 is 2.45 bits per heavy atom. The second kappa shape index (κ2) is 14.8. The van der Waals surface area contributed by atoms with Gasteiger partial charge in [-0.25, -0.2) is 9.18 Å². The molecule has 4 aliphatic carbocycles. The van der Waals surface area contributed by atoms with Crippen LogP contribution in [-0.2, 0) is 35.1 Å². The summed E-state index contributed by atoms with van der Waals surface area (Å²) >= 11 is 0. The van der Waals surface area contributed by atoms with E-state index in [1.807, 2.05) is 0 Å². The number of carbonyl (C=O) groups excluding carboxylic acids is 4. The maximum Gasteiger partial charge on any atom is 0.514 e. The second-order valence-electron chi connectivity index (χ2n) is 14.6. The lowest BCUT2D eigenvalue weighted by molar-refractivity contribution is -0.492. The van der Waals surface area contributed by atoms with Gasteiger partial charge in [0.25, 0.3) is 0 Å². The number of alkyl halides is 1. The van der Waals surface area contributed by atoms with Crippen LogP contribution >= 0.6 is 0 Å². The first-order chi connectivity index (χ1) is 24.0. The van der Waals surface area contributed by atoms with Gasteiger partial charge in [-0.15, -0.1) is 0 Å². The van der Waals surface area contributed by atoms with Crippen molar-refractivity contribution in [1.29, 1.82) is 0 Å². The number of ketones is 2. The molecule has 1 aromatic carbocycles. The maximum absolute atomic E-state index is 17.4. The van der Waals surface area contributed by atoms with Crippen LogP contribution in [0.15, 0.2) is 48.1 Å². The summed E-state index contributed by atoms with van der Waals surface area (Å²) in [4.78, 5) is 55.0. The van der Waals surface area contributed by atoms with Crippen LogP contribution in [0.3, 0.4) is 0 Å².